The van der Waals surface area contributed by atoms with Crippen LogP contribution in [0.3, 0.4) is 0 Å². The molecular formula is C20H19ClN4O5S. The van der Waals surface area contributed by atoms with Gasteiger partial charge >= 0.3 is 0 Å². The Morgan fingerprint density at radius 2 is 1.81 bits per heavy atom. The topological polar surface area (TPSA) is 98.0 Å². The minimum Gasteiger partial charge on any atom is -0.495 e. The lowest BCUT2D eigenvalue weighted by Crippen LogP contribution is -2.48. The molecule has 0 radical (unpaired) electrons. The van der Waals surface area contributed by atoms with Gasteiger partial charge in [-0.1, -0.05) is 22.9 Å². The summed E-state index contributed by atoms with van der Waals surface area (Å²) in [6.07, 6.45) is 0. The average molecular weight is 463 g/mol. The van der Waals surface area contributed by atoms with E-state index in [-0.39, 0.29) is 16.3 Å². The van der Waals surface area contributed by atoms with E-state index < -0.39 is 10.8 Å². The quantitative estimate of drug-likeness (QED) is 0.419. The lowest BCUT2D eigenvalue weighted by molar-refractivity contribution is -0.385. The van der Waals surface area contributed by atoms with Crippen LogP contribution in [0.4, 0.5) is 10.8 Å². The number of thiazole rings is 1. The molecule has 0 saturated carbocycles. The molecule has 1 fully saturated rings. The van der Waals surface area contributed by atoms with Crippen LogP contribution in [0.25, 0.3) is 10.2 Å². The Morgan fingerprint density at radius 1 is 1.13 bits per heavy atom. The number of nitrogens with zero attached hydrogens (tertiary/aromatic N) is 4. The number of carbonyl (C=O) groups excluding carboxylic acids is 1. The molecule has 162 valence electrons. The van der Waals surface area contributed by atoms with Gasteiger partial charge in [0.2, 0.25) is 0 Å². The minimum atomic E-state index is -0.568. The van der Waals surface area contributed by atoms with Crippen molar-refractivity contribution in [3.63, 3.8) is 0 Å². The number of fused-ring (bicyclic) bond motifs is 1. The molecule has 2 aromatic carbocycles. The van der Waals surface area contributed by atoms with E-state index in [1.807, 2.05) is 12.1 Å². The van der Waals surface area contributed by atoms with Crippen LogP contribution >= 0.6 is 22.9 Å². The number of carbonyl (C=O) groups is 1. The Labute approximate surface area is 186 Å². The van der Waals surface area contributed by atoms with Crippen molar-refractivity contribution in [1.82, 2.24) is 9.88 Å². The third-order valence-corrected chi connectivity index (χ3v) is 6.49. The van der Waals surface area contributed by atoms with Gasteiger partial charge in [0.05, 0.1) is 19.1 Å². The van der Waals surface area contributed by atoms with Crippen molar-refractivity contribution in [2.24, 2.45) is 0 Å². The fraction of sp³-hybridized carbons (Fsp3) is 0.300. The van der Waals surface area contributed by atoms with Crippen LogP contribution in [0.1, 0.15) is 10.4 Å². The van der Waals surface area contributed by atoms with Crippen LogP contribution in [-0.2, 0) is 0 Å². The number of anilines is 1. The highest BCUT2D eigenvalue weighted by atomic mass is 35.5. The molecule has 2 heterocycles. The summed E-state index contributed by atoms with van der Waals surface area (Å²) >= 11 is 7.47. The summed E-state index contributed by atoms with van der Waals surface area (Å²) in [7, 11) is 3.21. The number of methoxy groups -OCH3 is 2. The average Bonchev–Trinajstić information content (AvgIpc) is 3.23. The third-order valence-electron chi connectivity index (χ3n) is 5.12. The van der Waals surface area contributed by atoms with E-state index in [9.17, 15) is 14.9 Å². The molecule has 0 N–H and O–H groups in total. The van der Waals surface area contributed by atoms with Crippen LogP contribution in [0, 0.1) is 10.1 Å². The molecule has 3 aromatic rings. The maximum absolute atomic E-state index is 12.9. The van der Waals surface area contributed by atoms with Gasteiger partial charge in [-0.3, -0.25) is 14.9 Å². The lowest BCUT2D eigenvalue weighted by Gasteiger charge is -2.34. The van der Waals surface area contributed by atoms with E-state index in [0.717, 1.165) is 21.1 Å². The Bertz CT molecular complexity index is 1120. The first-order chi connectivity index (χ1) is 14.9. The van der Waals surface area contributed by atoms with Gasteiger partial charge in [0.1, 0.15) is 27.3 Å². The summed E-state index contributed by atoms with van der Waals surface area (Å²) in [5, 5.41) is 12.4. The normalized spacial score (nSPS) is 14.0. The zero-order chi connectivity index (χ0) is 22.1. The molecule has 9 nitrogen and oxygen atoms in total. The number of halogens is 1. The van der Waals surface area contributed by atoms with E-state index in [1.165, 1.54) is 29.5 Å². The van der Waals surface area contributed by atoms with Crippen molar-refractivity contribution in [2.45, 2.75) is 0 Å². The van der Waals surface area contributed by atoms with Crippen molar-refractivity contribution in [3.8, 4) is 11.5 Å². The minimum absolute atomic E-state index is 0.000379. The first-order valence-corrected chi connectivity index (χ1v) is 10.6. The summed E-state index contributed by atoms with van der Waals surface area (Å²) in [4.78, 5) is 32.1. The molecule has 0 unspecified atom stereocenters. The summed E-state index contributed by atoms with van der Waals surface area (Å²) in [6, 6.07) is 7.68. The zero-order valence-electron chi connectivity index (χ0n) is 16.8. The molecule has 1 amide bonds. The lowest BCUT2D eigenvalue weighted by atomic mass is 10.1. The van der Waals surface area contributed by atoms with Gasteiger partial charge in [-0.25, -0.2) is 4.98 Å². The molecule has 31 heavy (non-hydrogen) atoms. The monoisotopic (exact) mass is 462 g/mol. The van der Waals surface area contributed by atoms with Crippen LogP contribution in [0.2, 0.25) is 5.02 Å². The van der Waals surface area contributed by atoms with Crippen LogP contribution in [0.15, 0.2) is 30.3 Å². The standard InChI is InChI=1S/C20H19ClN4O5S/c1-29-15-5-6-16(30-2)18-17(15)22-20(31-18)24-9-7-23(8-10-24)19(26)13-11-12(21)3-4-14(13)25(27)28/h3-6,11H,7-10H2,1-2H3. The van der Waals surface area contributed by atoms with Crippen LogP contribution in [-0.4, -0.2) is 61.1 Å². The van der Waals surface area contributed by atoms with Gasteiger partial charge < -0.3 is 19.3 Å². The number of aromatic nitrogens is 1. The Morgan fingerprint density at radius 3 is 2.45 bits per heavy atom. The summed E-state index contributed by atoms with van der Waals surface area (Å²) < 4.78 is 11.8. The number of rotatable bonds is 5. The number of amides is 1. The van der Waals surface area contributed by atoms with Crippen molar-refractivity contribution in [2.75, 3.05) is 45.3 Å². The zero-order valence-corrected chi connectivity index (χ0v) is 18.4. The molecule has 1 aliphatic rings. The smallest absolute Gasteiger partial charge is 0.282 e. The van der Waals surface area contributed by atoms with Crippen molar-refractivity contribution < 1.29 is 19.2 Å². The van der Waals surface area contributed by atoms with Crippen LogP contribution < -0.4 is 14.4 Å². The number of hydrogen-bond acceptors (Lipinski definition) is 8. The summed E-state index contributed by atoms with van der Waals surface area (Å²) in [5.74, 6) is 0.989. The van der Waals surface area contributed by atoms with Crippen molar-refractivity contribution in [3.05, 3.63) is 51.0 Å². The van der Waals surface area contributed by atoms with Gasteiger partial charge in [-0.15, -0.1) is 0 Å². The number of nitro benzene ring substituents is 1. The second-order valence-corrected chi connectivity index (χ2v) is 8.26. The maximum atomic E-state index is 12.9. The first kappa shape index (κ1) is 21.1. The molecular weight excluding hydrogens is 444 g/mol. The van der Waals surface area contributed by atoms with Crippen molar-refractivity contribution in [1.29, 1.82) is 0 Å². The number of hydrogen-bond donors (Lipinski definition) is 0. The number of nitro groups is 1. The summed E-state index contributed by atoms with van der Waals surface area (Å²) in [6.45, 7) is 1.91. The second kappa shape index (κ2) is 8.56. The van der Waals surface area contributed by atoms with Gasteiger partial charge in [0.25, 0.3) is 11.6 Å². The molecule has 0 atom stereocenters. The highest BCUT2D eigenvalue weighted by molar-refractivity contribution is 7.22. The largest absolute Gasteiger partial charge is 0.495 e. The second-order valence-electron chi connectivity index (χ2n) is 6.84. The Kier molecular flexibility index (Phi) is 5.84. The first-order valence-electron chi connectivity index (χ1n) is 9.42. The maximum Gasteiger partial charge on any atom is 0.282 e. The van der Waals surface area contributed by atoms with Gasteiger partial charge in [0.15, 0.2) is 5.13 Å². The Balaban J connectivity index is 1.54. The van der Waals surface area contributed by atoms with Gasteiger partial charge in [0, 0.05) is 37.3 Å². The molecule has 1 saturated heterocycles. The number of ether oxygens (including phenoxy) is 2. The molecule has 1 aromatic heterocycles. The molecule has 0 bridgehead atoms. The van der Waals surface area contributed by atoms with E-state index in [0.29, 0.717) is 31.9 Å². The van der Waals surface area contributed by atoms with Crippen molar-refractivity contribution >= 4 is 49.9 Å². The van der Waals surface area contributed by atoms with E-state index in [1.54, 1.807) is 19.1 Å². The molecule has 0 spiro atoms. The number of piperazine rings is 1. The third kappa shape index (κ3) is 3.96. The van der Waals surface area contributed by atoms with Crippen LogP contribution in [0.5, 0.6) is 11.5 Å². The van der Waals surface area contributed by atoms with Gasteiger partial charge in [-0.05, 0) is 24.3 Å². The predicted molar refractivity (Wildman–Crippen MR) is 119 cm³/mol. The van der Waals surface area contributed by atoms with E-state index in [4.69, 9.17) is 26.1 Å². The highest BCUT2D eigenvalue weighted by Crippen LogP contribution is 2.40. The highest BCUT2D eigenvalue weighted by Gasteiger charge is 2.29. The molecule has 1 aliphatic heterocycles. The SMILES string of the molecule is COc1ccc(OC)c2sc(N3CCN(C(=O)c4cc(Cl)ccc4[N+](=O)[O-])CC3)nc12. The van der Waals surface area contributed by atoms with Gasteiger partial charge in [-0.2, -0.15) is 0 Å². The molecule has 0 aliphatic carbocycles. The predicted octanol–water partition coefficient (Wildman–Crippen LogP) is 3.84. The number of benzene rings is 2. The Hall–Kier alpha value is -3.11. The fourth-order valence-corrected chi connectivity index (χ4v) is 4.82. The molecule has 11 heteroatoms. The van der Waals surface area contributed by atoms with E-state index in [2.05, 4.69) is 4.90 Å². The molecule has 4 rings (SSSR count). The summed E-state index contributed by atoms with van der Waals surface area (Å²) in [5.41, 5.74) is 0.484. The fourth-order valence-electron chi connectivity index (χ4n) is 3.52. The van der Waals surface area contributed by atoms with E-state index >= 15 is 0 Å².